The van der Waals surface area contributed by atoms with Crippen LogP contribution in [0.4, 0.5) is 0 Å². The van der Waals surface area contributed by atoms with E-state index < -0.39 is 9.84 Å². The van der Waals surface area contributed by atoms with Crippen LogP contribution in [0.5, 0.6) is 0 Å². The van der Waals surface area contributed by atoms with Crippen LogP contribution in [0.25, 0.3) is 0 Å². The van der Waals surface area contributed by atoms with Gasteiger partial charge in [0.1, 0.15) is 0 Å². The van der Waals surface area contributed by atoms with E-state index in [9.17, 15) is 13.2 Å². The maximum absolute atomic E-state index is 12.5. The fraction of sp³-hybridized carbons (Fsp3) is 0.562. The maximum Gasteiger partial charge on any atom is 0.237 e. The fourth-order valence-electron chi connectivity index (χ4n) is 2.98. The molecule has 1 aliphatic heterocycles. The van der Waals surface area contributed by atoms with Gasteiger partial charge in [0, 0.05) is 24.2 Å². The van der Waals surface area contributed by atoms with Crippen molar-refractivity contribution in [1.82, 2.24) is 9.80 Å². The summed E-state index contributed by atoms with van der Waals surface area (Å²) in [6.45, 7) is 3.30. The minimum Gasteiger partial charge on any atom is -0.338 e. The summed E-state index contributed by atoms with van der Waals surface area (Å²) >= 11 is 5.97. The van der Waals surface area contributed by atoms with Crippen molar-refractivity contribution in [2.75, 3.05) is 31.6 Å². The Balaban J connectivity index is 1.94. The van der Waals surface area contributed by atoms with Gasteiger partial charge < -0.3 is 4.90 Å². The van der Waals surface area contributed by atoms with E-state index in [0.29, 0.717) is 24.5 Å². The minimum atomic E-state index is -2.99. The minimum absolute atomic E-state index is 0.0286. The standard InChI is InChI=1S/C16H23ClN2O3S/c1-3-19(15-7-8-23(21,22)12-15)16(20)11-18(2)10-13-5-4-6-14(17)9-13/h4-6,9,15H,3,7-8,10-12H2,1-2H3. The first-order valence-electron chi connectivity index (χ1n) is 7.73. The van der Waals surface area contributed by atoms with Gasteiger partial charge in [0.15, 0.2) is 9.84 Å². The Hall–Kier alpha value is -1.11. The molecule has 0 N–H and O–H groups in total. The summed E-state index contributed by atoms with van der Waals surface area (Å²) in [4.78, 5) is 16.1. The smallest absolute Gasteiger partial charge is 0.237 e. The van der Waals surface area contributed by atoms with Crippen LogP contribution in [0, 0.1) is 0 Å². The summed E-state index contributed by atoms with van der Waals surface area (Å²) in [6, 6.07) is 7.36. The number of amides is 1. The molecule has 0 aliphatic carbocycles. The molecular formula is C16H23ClN2O3S. The lowest BCUT2D eigenvalue weighted by Gasteiger charge is -2.29. The van der Waals surface area contributed by atoms with Gasteiger partial charge in [0.2, 0.25) is 5.91 Å². The van der Waals surface area contributed by atoms with Crippen LogP contribution in [0.2, 0.25) is 5.02 Å². The molecule has 0 radical (unpaired) electrons. The van der Waals surface area contributed by atoms with E-state index in [0.717, 1.165) is 5.56 Å². The van der Waals surface area contributed by atoms with E-state index in [4.69, 9.17) is 11.6 Å². The van der Waals surface area contributed by atoms with Gasteiger partial charge in [-0.2, -0.15) is 0 Å². The quantitative estimate of drug-likeness (QED) is 0.778. The molecule has 0 bridgehead atoms. The number of carbonyl (C=O) groups excluding carboxylic acids is 1. The Labute approximate surface area is 143 Å². The van der Waals surface area contributed by atoms with Crippen molar-refractivity contribution >= 4 is 27.3 Å². The maximum atomic E-state index is 12.5. The van der Waals surface area contributed by atoms with Crippen LogP contribution in [-0.2, 0) is 21.2 Å². The monoisotopic (exact) mass is 358 g/mol. The first kappa shape index (κ1) is 18.2. The van der Waals surface area contributed by atoms with Crippen molar-refractivity contribution in [3.8, 4) is 0 Å². The highest BCUT2D eigenvalue weighted by Crippen LogP contribution is 2.18. The second-order valence-electron chi connectivity index (χ2n) is 6.04. The molecule has 128 valence electrons. The molecule has 1 saturated heterocycles. The second-order valence-corrected chi connectivity index (χ2v) is 8.70. The molecule has 1 aromatic rings. The molecule has 1 amide bonds. The first-order chi connectivity index (χ1) is 10.8. The van der Waals surface area contributed by atoms with Crippen molar-refractivity contribution in [3.63, 3.8) is 0 Å². The first-order valence-corrected chi connectivity index (χ1v) is 9.93. The van der Waals surface area contributed by atoms with Crippen molar-refractivity contribution in [2.45, 2.75) is 25.9 Å². The van der Waals surface area contributed by atoms with Gasteiger partial charge in [0.25, 0.3) is 0 Å². The van der Waals surface area contributed by atoms with Crippen LogP contribution in [-0.4, -0.2) is 61.8 Å². The van der Waals surface area contributed by atoms with E-state index in [-0.39, 0.29) is 30.0 Å². The summed E-state index contributed by atoms with van der Waals surface area (Å²) in [5.41, 5.74) is 1.04. The van der Waals surface area contributed by atoms with Crippen LogP contribution < -0.4 is 0 Å². The van der Waals surface area contributed by atoms with Crippen LogP contribution >= 0.6 is 11.6 Å². The third kappa shape index (κ3) is 5.19. The molecule has 5 nitrogen and oxygen atoms in total. The highest BCUT2D eigenvalue weighted by Gasteiger charge is 2.33. The summed E-state index contributed by atoms with van der Waals surface area (Å²) < 4.78 is 23.2. The van der Waals surface area contributed by atoms with Crippen molar-refractivity contribution in [2.24, 2.45) is 0 Å². The van der Waals surface area contributed by atoms with Gasteiger partial charge in [-0.05, 0) is 38.1 Å². The summed E-state index contributed by atoms with van der Waals surface area (Å²) in [5.74, 6) is 0.240. The fourth-order valence-corrected chi connectivity index (χ4v) is 4.93. The molecule has 1 aromatic carbocycles. The van der Waals surface area contributed by atoms with Gasteiger partial charge in [-0.15, -0.1) is 0 Å². The van der Waals surface area contributed by atoms with E-state index in [2.05, 4.69) is 0 Å². The lowest BCUT2D eigenvalue weighted by Crippen LogP contribution is -2.45. The Bertz CT molecular complexity index is 663. The van der Waals surface area contributed by atoms with Crippen LogP contribution in [0.1, 0.15) is 18.9 Å². The predicted octanol–water partition coefficient (Wildman–Crippen LogP) is 1.81. The summed E-state index contributed by atoms with van der Waals surface area (Å²) in [6.07, 6.45) is 0.542. The predicted molar refractivity (Wildman–Crippen MR) is 92.2 cm³/mol. The number of hydrogen-bond donors (Lipinski definition) is 0. The van der Waals surface area contributed by atoms with Crippen molar-refractivity contribution < 1.29 is 13.2 Å². The highest BCUT2D eigenvalue weighted by molar-refractivity contribution is 7.91. The number of carbonyl (C=O) groups is 1. The number of halogens is 1. The molecule has 1 aliphatic rings. The highest BCUT2D eigenvalue weighted by atomic mass is 35.5. The number of likely N-dealkylation sites (N-methyl/N-ethyl adjacent to an activating group) is 2. The molecule has 1 fully saturated rings. The van der Waals surface area contributed by atoms with E-state index >= 15 is 0 Å². The van der Waals surface area contributed by atoms with Crippen LogP contribution in [0.15, 0.2) is 24.3 Å². The Kier molecular flexibility index (Phi) is 6.06. The molecule has 7 heteroatoms. The largest absolute Gasteiger partial charge is 0.338 e. The zero-order valence-electron chi connectivity index (χ0n) is 13.5. The summed E-state index contributed by atoms with van der Waals surface area (Å²) in [5, 5.41) is 0.675. The number of benzene rings is 1. The molecule has 2 rings (SSSR count). The van der Waals surface area contributed by atoms with Crippen molar-refractivity contribution in [3.05, 3.63) is 34.9 Å². The summed E-state index contributed by atoms with van der Waals surface area (Å²) in [7, 11) is -1.11. The van der Waals surface area contributed by atoms with Crippen molar-refractivity contribution in [1.29, 1.82) is 0 Å². The van der Waals surface area contributed by atoms with Crippen LogP contribution in [0.3, 0.4) is 0 Å². The van der Waals surface area contributed by atoms with E-state index in [1.54, 1.807) is 4.90 Å². The average molecular weight is 359 g/mol. The third-order valence-corrected chi connectivity index (χ3v) is 6.04. The zero-order chi connectivity index (χ0) is 17.0. The molecule has 23 heavy (non-hydrogen) atoms. The SMILES string of the molecule is CCN(C(=O)CN(C)Cc1cccc(Cl)c1)C1CCS(=O)(=O)C1. The third-order valence-electron chi connectivity index (χ3n) is 4.06. The van der Waals surface area contributed by atoms with Gasteiger partial charge in [-0.3, -0.25) is 9.69 Å². The Morgan fingerprint density at radius 2 is 2.13 bits per heavy atom. The number of hydrogen-bond acceptors (Lipinski definition) is 4. The van der Waals surface area contributed by atoms with E-state index in [1.807, 2.05) is 43.1 Å². The molecule has 1 atom stereocenters. The van der Waals surface area contributed by atoms with Gasteiger partial charge in [-0.25, -0.2) is 8.42 Å². The lowest BCUT2D eigenvalue weighted by molar-refractivity contribution is -0.133. The lowest BCUT2D eigenvalue weighted by atomic mass is 10.2. The molecule has 1 heterocycles. The second kappa shape index (κ2) is 7.64. The Morgan fingerprint density at radius 1 is 1.39 bits per heavy atom. The number of sulfone groups is 1. The molecule has 1 unspecified atom stereocenters. The Morgan fingerprint density at radius 3 is 2.70 bits per heavy atom. The molecule has 0 aromatic heterocycles. The van der Waals surface area contributed by atoms with Gasteiger partial charge in [0.05, 0.1) is 18.1 Å². The van der Waals surface area contributed by atoms with Gasteiger partial charge in [-0.1, -0.05) is 23.7 Å². The zero-order valence-corrected chi connectivity index (χ0v) is 15.1. The number of nitrogens with zero attached hydrogens (tertiary/aromatic N) is 2. The number of rotatable bonds is 6. The molecule has 0 saturated carbocycles. The average Bonchev–Trinajstić information content (AvgIpc) is 2.79. The molecular weight excluding hydrogens is 336 g/mol. The normalized spacial score (nSPS) is 19.9. The topological polar surface area (TPSA) is 57.7 Å². The molecule has 0 spiro atoms. The van der Waals surface area contributed by atoms with E-state index in [1.165, 1.54) is 0 Å². The van der Waals surface area contributed by atoms with Gasteiger partial charge >= 0.3 is 0 Å².